The number of rotatable bonds is 2. The minimum Gasteiger partial charge on any atom is -0.341 e. The molecule has 1 saturated carbocycles. The van der Waals surface area contributed by atoms with Gasteiger partial charge in [0.25, 0.3) is 0 Å². The summed E-state index contributed by atoms with van der Waals surface area (Å²) < 4.78 is 0. The summed E-state index contributed by atoms with van der Waals surface area (Å²) in [5.74, 6) is -0.0112. The van der Waals surface area contributed by atoms with Gasteiger partial charge in [0, 0.05) is 33.1 Å². The first-order valence-corrected chi connectivity index (χ1v) is 11.5. The lowest BCUT2D eigenvalue weighted by molar-refractivity contribution is -0.169. The van der Waals surface area contributed by atoms with Gasteiger partial charge in [-0.3, -0.25) is 14.4 Å². The van der Waals surface area contributed by atoms with Crippen LogP contribution in [-0.4, -0.2) is 77.0 Å². The average molecular weight is 426 g/mol. The molecule has 1 spiro atoms. The van der Waals surface area contributed by atoms with Crippen LogP contribution in [0, 0.1) is 0 Å². The van der Waals surface area contributed by atoms with E-state index < -0.39 is 5.54 Å². The zero-order valence-electron chi connectivity index (χ0n) is 20.0. The van der Waals surface area contributed by atoms with E-state index in [0.29, 0.717) is 13.1 Å². The van der Waals surface area contributed by atoms with E-state index in [2.05, 4.69) is 27.7 Å². The SMILES string of the molecule is CC(=O)N1CCN(CC(=O)N2CCCC2)C(=O)C12CCC2.CC=O.CCC.CCC. The van der Waals surface area contributed by atoms with Gasteiger partial charge in [-0.1, -0.05) is 40.5 Å². The smallest absolute Gasteiger partial charge is 0.249 e. The second-order valence-corrected chi connectivity index (χ2v) is 8.02. The van der Waals surface area contributed by atoms with E-state index in [1.165, 1.54) is 26.7 Å². The van der Waals surface area contributed by atoms with Crippen molar-refractivity contribution in [2.75, 3.05) is 32.7 Å². The number of aldehydes is 1. The minimum atomic E-state index is -0.643. The summed E-state index contributed by atoms with van der Waals surface area (Å²) in [4.78, 5) is 50.8. The van der Waals surface area contributed by atoms with Crippen LogP contribution in [0.3, 0.4) is 0 Å². The summed E-state index contributed by atoms with van der Waals surface area (Å²) in [6.45, 7) is 14.3. The number of hydrogen-bond donors (Lipinski definition) is 0. The number of likely N-dealkylation sites (tertiary alicyclic amines) is 1. The molecule has 1 aliphatic carbocycles. The normalized spacial score (nSPS) is 18.7. The number of hydrogen-bond acceptors (Lipinski definition) is 4. The van der Waals surface area contributed by atoms with Gasteiger partial charge >= 0.3 is 0 Å². The van der Waals surface area contributed by atoms with Crippen molar-refractivity contribution in [1.82, 2.24) is 14.7 Å². The van der Waals surface area contributed by atoms with Crippen molar-refractivity contribution < 1.29 is 19.2 Å². The Bertz CT molecular complexity index is 539. The highest BCUT2D eigenvalue weighted by atomic mass is 16.2. The van der Waals surface area contributed by atoms with Gasteiger partial charge < -0.3 is 19.5 Å². The molecule has 3 aliphatic rings. The van der Waals surface area contributed by atoms with Gasteiger partial charge in [-0.2, -0.15) is 0 Å². The summed E-state index contributed by atoms with van der Waals surface area (Å²) >= 11 is 0. The van der Waals surface area contributed by atoms with Crippen LogP contribution in [0.2, 0.25) is 0 Å². The first kappa shape index (κ1) is 28.1. The number of piperazine rings is 1. The van der Waals surface area contributed by atoms with Crippen LogP contribution >= 0.6 is 0 Å². The van der Waals surface area contributed by atoms with Crippen molar-refractivity contribution in [3.05, 3.63) is 0 Å². The van der Waals surface area contributed by atoms with Gasteiger partial charge in [-0.05, 0) is 39.0 Å². The van der Waals surface area contributed by atoms with E-state index in [-0.39, 0.29) is 24.3 Å². The summed E-state index contributed by atoms with van der Waals surface area (Å²) in [6.07, 6.45) is 7.81. The lowest BCUT2D eigenvalue weighted by Gasteiger charge is -2.54. The molecule has 0 aromatic carbocycles. The molecule has 2 heterocycles. The highest BCUT2D eigenvalue weighted by Gasteiger charge is 2.54. The Morgan fingerprint density at radius 2 is 1.40 bits per heavy atom. The molecule has 3 amide bonds. The lowest BCUT2D eigenvalue weighted by atomic mass is 9.73. The molecule has 3 rings (SSSR count). The molecule has 0 unspecified atom stereocenters. The van der Waals surface area contributed by atoms with Gasteiger partial charge in [0.1, 0.15) is 11.8 Å². The minimum absolute atomic E-state index is 0.0252. The average Bonchev–Trinajstić information content (AvgIpc) is 3.18. The molecule has 0 radical (unpaired) electrons. The number of carbonyl (C=O) groups is 4. The van der Waals surface area contributed by atoms with E-state index in [1.807, 2.05) is 4.90 Å². The van der Waals surface area contributed by atoms with Crippen LogP contribution in [0.4, 0.5) is 0 Å². The largest absolute Gasteiger partial charge is 0.341 e. The number of nitrogens with zero attached hydrogens (tertiary/aromatic N) is 3. The fourth-order valence-corrected chi connectivity index (χ4v) is 3.78. The van der Waals surface area contributed by atoms with Crippen molar-refractivity contribution in [3.8, 4) is 0 Å². The zero-order valence-corrected chi connectivity index (χ0v) is 20.0. The second-order valence-electron chi connectivity index (χ2n) is 8.02. The Morgan fingerprint density at radius 1 is 0.933 bits per heavy atom. The van der Waals surface area contributed by atoms with E-state index in [9.17, 15) is 14.4 Å². The van der Waals surface area contributed by atoms with Gasteiger partial charge in [0.2, 0.25) is 17.7 Å². The fourth-order valence-electron chi connectivity index (χ4n) is 3.78. The van der Waals surface area contributed by atoms with Crippen LogP contribution in [-0.2, 0) is 19.2 Å². The summed E-state index contributed by atoms with van der Waals surface area (Å²) in [5.41, 5.74) is -0.643. The highest BCUT2D eigenvalue weighted by Crippen LogP contribution is 2.41. The van der Waals surface area contributed by atoms with E-state index in [0.717, 1.165) is 51.5 Å². The topological polar surface area (TPSA) is 78.0 Å². The number of carbonyl (C=O) groups excluding carboxylic acids is 4. The van der Waals surface area contributed by atoms with E-state index in [1.54, 1.807) is 9.80 Å². The lowest BCUT2D eigenvalue weighted by Crippen LogP contribution is -2.70. The van der Waals surface area contributed by atoms with Crippen LogP contribution < -0.4 is 0 Å². The van der Waals surface area contributed by atoms with Gasteiger partial charge in [-0.25, -0.2) is 0 Å². The van der Waals surface area contributed by atoms with Crippen LogP contribution in [0.1, 0.15) is 86.5 Å². The van der Waals surface area contributed by atoms with E-state index in [4.69, 9.17) is 4.79 Å². The first-order chi connectivity index (χ1) is 14.3. The van der Waals surface area contributed by atoms with Crippen molar-refractivity contribution in [3.63, 3.8) is 0 Å². The molecule has 174 valence electrons. The maximum atomic E-state index is 12.8. The third-order valence-electron chi connectivity index (χ3n) is 5.14. The molecule has 0 bridgehead atoms. The molecule has 0 N–H and O–H groups in total. The van der Waals surface area contributed by atoms with Gasteiger partial charge in [-0.15, -0.1) is 0 Å². The van der Waals surface area contributed by atoms with Crippen LogP contribution in [0.5, 0.6) is 0 Å². The van der Waals surface area contributed by atoms with Gasteiger partial charge in [0.15, 0.2) is 0 Å². The summed E-state index contributed by atoms with van der Waals surface area (Å²) in [7, 11) is 0. The Hall–Kier alpha value is -1.92. The fraction of sp³-hybridized carbons (Fsp3) is 0.826. The maximum absolute atomic E-state index is 12.8. The van der Waals surface area contributed by atoms with Crippen LogP contribution in [0.15, 0.2) is 0 Å². The molecule has 30 heavy (non-hydrogen) atoms. The molecule has 2 aliphatic heterocycles. The summed E-state index contributed by atoms with van der Waals surface area (Å²) in [6, 6.07) is 0. The molecule has 7 nitrogen and oxygen atoms in total. The predicted octanol–water partition coefficient (Wildman–Crippen LogP) is 3.26. The Balaban J connectivity index is 0.000000806. The molecular formula is C23H43N3O4. The Labute approximate surface area is 183 Å². The molecule has 0 atom stereocenters. The second kappa shape index (κ2) is 15.0. The molecule has 0 aromatic rings. The molecule has 7 heteroatoms. The quantitative estimate of drug-likeness (QED) is 0.636. The highest BCUT2D eigenvalue weighted by molar-refractivity contribution is 5.95. The third-order valence-corrected chi connectivity index (χ3v) is 5.14. The first-order valence-electron chi connectivity index (χ1n) is 11.5. The van der Waals surface area contributed by atoms with Crippen molar-refractivity contribution in [2.24, 2.45) is 0 Å². The third kappa shape index (κ3) is 7.73. The van der Waals surface area contributed by atoms with Crippen molar-refractivity contribution >= 4 is 24.0 Å². The van der Waals surface area contributed by atoms with Crippen LogP contribution in [0.25, 0.3) is 0 Å². The number of amides is 3. The molecule has 3 fully saturated rings. The maximum Gasteiger partial charge on any atom is 0.249 e. The predicted molar refractivity (Wildman–Crippen MR) is 120 cm³/mol. The standard InChI is InChI=1S/C15H23N3O3.2C3H8.C2H4O/c1-12(19)18-10-9-17(14(21)15(18)5-4-6-15)11-13(20)16-7-2-3-8-16;2*1-3-2;1-2-3/h2-11H2,1H3;2*3H2,1-2H3;2H,1H3. The monoisotopic (exact) mass is 425 g/mol. The molecule has 2 saturated heterocycles. The van der Waals surface area contributed by atoms with Gasteiger partial charge in [0.05, 0.1) is 6.54 Å². The summed E-state index contributed by atoms with van der Waals surface area (Å²) in [5, 5.41) is 0. The van der Waals surface area contributed by atoms with Crippen molar-refractivity contribution in [2.45, 2.75) is 92.0 Å². The Kier molecular flexibility index (Phi) is 14.0. The zero-order chi connectivity index (χ0) is 23.2. The van der Waals surface area contributed by atoms with E-state index >= 15 is 0 Å². The molecule has 0 aromatic heterocycles. The van der Waals surface area contributed by atoms with Crippen molar-refractivity contribution in [1.29, 1.82) is 0 Å². The Morgan fingerprint density at radius 3 is 1.77 bits per heavy atom. The molecular weight excluding hydrogens is 382 g/mol.